The molecule has 2 aliphatic heterocycles. The van der Waals surface area contributed by atoms with Gasteiger partial charge in [-0.3, -0.25) is 4.79 Å². The van der Waals surface area contributed by atoms with E-state index in [1.807, 2.05) is 0 Å². The zero-order valence-electron chi connectivity index (χ0n) is 9.00. The van der Waals surface area contributed by atoms with Crippen molar-refractivity contribution < 1.29 is 14.7 Å². The lowest BCUT2D eigenvalue weighted by atomic mass is 10.2. The second kappa shape index (κ2) is 4.21. The van der Waals surface area contributed by atoms with E-state index >= 15 is 0 Å². The third kappa shape index (κ3) is 2.16. The molecule has 0 bridgehead atoms. The summed E-state index contributed by atoms with van der Waals surface area (Å²) < 4.78 is 0. The first-order valence-electron chi connectivity index (χ1n) is 4.94. The molecule has 6 nitrogen and oxygen atoms in total. The first-order valence-corrected chi connectivity index (χ1v) is 5.32. The van der Waals surface area contributed by atoms with Crippen molar-refractivity contribution in [2.75, 3.05) is 6.54 Å². The number of amidine groups is 1. The van der Waals surface area contributed by atoms with Gasteiger partial charge in [-0.25, -0.2) is 9.80 Å². The van der Waals surface area contributed by atoms with Crippen LogP contribution in [0.4, 0.5) is 0 Å². The highest BCUT2D eigenvalue weighted by Gasteiger charge is 2.32. The molecule has 0 aromatic heterocycles. The molecule has 0 radical (unpaired) electrons. The van der Waals surface area contributed by atoms with Crippen LogP contribution in [-0.2, 0) is 9.59 Å². The maximum atomic E-state index is 11.7. The van der Waals surface area contributed by atoms with Gasteiger partial charge in [0.15, 0.2) is 5.84 Å². The van der Waals surface area contributed by atoms with E-state index in [0.717, 1.165) is 5.01 Å². The van der Waals surface area contributed by atoms with Crippen LogP contribution in [0.15, 0.2) is 28.5 Å². The van der Waals surface area contributed by atoms with Crippen LogP contribution >= 0.6 is 11.6 Å². The average molecular weight is 256 g/mol. The Labute approximate surface area is 102 Å². The first-order chi connectivity index (χ1) is 7.99. The van der Waals surface area contributed by atoms with Crippen molar-refractivity contribution >= 4 is 29.3 Å². The third-order valence-corrected chi connectivity index (χ3v) is 2.68. The van der Waals surface area contributed by atoms with Crippen molar-refractivity contribution in [3.63, 3.8) is 0 Å². The van der Waals surface area contributed by atoms with Crippen molar-refractivity contribution in [2.45, 2.75) is 13.0 Å². The van der Waals surface area contributed by atoms with Gasteiger partial charge in [-0.15, -0.1) is 0 Å². The number of amides is 1. The largest absolute Gasteiger partial charge is 0.480 e. The molecule has 0 spiro atoms. The predicted molar refractivity (Wildman–Crippen MR) is 61.2 cm³/mol. The minimum absolute atomic E-state index is 0.0387. The van der Waals surface area contributed by atoms with E-state index < -0.39 is 12.0 Å². The Morgan fingerprint density at radius 1 is 1.59 bits per heavy atom. The van der Waals surface area contributed by atoms with Gasteiger partial charge < -0.3 is 10.0 Å². The number of fused-ring (bicyclic) bond motifs is 1. The standard InChI is InChI=1S/C10H10ClN3O3/c1-6(10(16)17)14-9(15)5-13-4-7(11)2-3-8(13)12-14/h2-4,6H,5H2,1H3,(H,16,17). The predicted octanol–water partition coefficient (Wildman–Crippen LogP) is 0.567. The Bertz CT molecular complexity index is 469. The van der Waals surface area contributed by atoms with Crippen molar-refractivity contribution in [2.24, 2.45) is 5.10 Å². The normalized spacial score (nSPS) is 20.7. The Morgan fingerprint density at radius 3 is 2.94 bits per heavy atom. The van der Waals surface area contributed by atoms with Gasteiger partial charge >= 0.3 is 5.97 Å². The van der Waals surface area contributed by atoms with Crippen LogP contribution in [0.1, 0.15) is 6.92 Å². The van der Waals surface area contributed by atoms with Crippen LogP contribution < -0.4 is 0 Å². The molecule has 1 unspecified atom stereocenters. The number of carbonyl (C=O) groups excluding carboxylic acids is 1. The first kappa shape index (κ1) is 11.7. The number of carboxylic acid groups (broad SMARTS) is 1. The van der Waals surface area contributed by atoms with Gasteiger partial charge in [-0.1, -0.05) is 11.6 Å². The number of allylic oxidation sites excluding steroid dienone is 2. The summed E-state index contributed by atoms with van der Waals surface area (Å²) >= 11 is 5.79. The van der Waals surface area contributed by atoms with Gasteiger partial charge in [0.25, 0.3) is 5.91 Å². The lowest BCUT2D eigenvalue weighted by molar-refractivity contribution is -0.150. The molecule has 2 rings (SSSR count). The second-order valence-corrected chi connectivity index (χ2v) is 4.12. The monoisotopic (exact) mass is 255 g/mol. The van der Waals surface area contributed by atoms with E-state index in [2.05, 4.69) is 5.10 Å². The number of halogens is 1. The fourth-order valence-corrected chi connectivity index (χ4v) is 1.70. The van der Waals surface area contributed by atoms with Gasteiger partial charge in [0, 0.05) is 6.20 Å². The molecule has 0 saturated heterocycles. The smallest absolute Gasteiger partial charge is 0.328 e. The van der Waals surface area contributed by atoms with Crippen LogP contribution in [0.25, 0.3) is 0 Å². The summed E-state index contributed by atoms with van der Waals surface area (Å²) in [5.74, 6) is -0.966. The lowest BCUT2D eigenvalue weighted by Crippen LogP contribution is -2.50. The maximum Gasteiger partial charge on any atom is 0.328 e. The minimum Gasteiger partial charge on any atom is -0.480 e. The number of hydrogen-bond donors (Lipinski definition) is 1. The summed E-state index contributed by atoms with van der Waals surface area (Å²) in [5, 5.41) is 14.3. The van der Waals surface area contributed by atoms with Gasteiger partial charge in [-0.05, 0) is 19.1 Å². The van der Waals surface area contributed by atoms with Crippen LogP contribution in [0.5, 0.6) is 0 Å². The number of carbonyl (C=O) groups is 2. The number of rotatable bonds is 2. The lowest BCUT2D eigenvalue weighted by Gasteiger charge is -2.33. The highest BCUT2D eigenvalue weighted by molar-refractivity contribution is 6.32. The molecular formula is C10H10ClN3O3. The Balaban J connectivity index is 2.30. The zero-order chi connectivity index (χ0) is 12.6. The number of hydrogen-bond acceptors (Lipinski definition) is 4. The summed E-state index contributed by atoms with van der Waals surface area (Å²) in [7, 11) is 0. The van der Waals surface area contributed by atoms with Crippen molar-refractivity contribution in [3.05, 3.63) is 23.4 Å². The molecule has 0 aromatic rings. The average Bonchev–Trinajstić information content (AvgIpc) is 2.27. The number of nitrogens with zero attached hydrogens (tertiary/aromatic N) is 3. The fourth-order valence-electron chi connectivity index (χ4n) is 1.52. The van der Waals surface area contributed by atoms with Crippen LogP contribution in [0, 0.1) is 0 Å². The van der Waals surface area contributed by atoms with Crippen LogP contribution in [0.2, 0.25) is 0 Å². The van der Waals surface area contributed by atoms with E-state index in [4.69, 9.17) is 16.7 Å². The fraction of sp³-hybridized carbons (Fsp3) is 0.300. The molecule has 1 atom stereocenters. The van der Waals surface area contributed by atoms with E-state index in [9.17, 15) is 9.59 Å². The molecule has 17 heavy (non-hydrogen) atoms. The topological polar surface area (TPSA) is 73.2 Å². The number of carboxylic acids is 1. The summed E-state index contributed by atoms with van der Waals surface area (Å²) in [5.41, 5.74) is 0. The van der Waals surface area contributed by atoms with Gasteiger partial charge in [0.1, 0.15) is 12.6 Å². The van der Waals surface area contributed by atoms with E-state index in [1.54, 1.807) is 23.3 Å². The second-order valence-electron chi connectivity index (χ2n) is 3.69. The van der Waals surface area contributed by atoms with E-state index in [1.165, 1.54) is 6.92 Å². The molecule has 0 saturated carbocycles. The van der Waals surface area contributed by atoms with Crippen molar-refractivity contribution in [1.29, 1.82) is 0 Å². The highest BCUT2D eigenvalue weighted by Crippen LogP contribution is 2.18. The summed E-state index contributed by atoms with van der Waals surface area (Å²) in [6.45, 7) is 1.45. The number of aliphatic carboxylic acids is 1. The molecule has 0 aromatic carbocycles. The van der Waals surface area contributed by atoms with Crippen molar-refractivity contribution in [3.8, 4) is 0 Å². The molecule has 7 heteroatoms. The molecule has 2 aliphatic rings. The number of hydrazone groups is 1. The Kier molecular flexibility index (Phi) is 2.89. The van der Waals surface area contributed by atoms with E-state index in [0.29, 0.717) is 10.9 Å². The SMILES string of the molecule is CC(C(=O)O)N1N=C2C=CC(Cl)=CN2CC1=O. The van der Waals surface area contributed by atoms with Crippen LogP contribution in [-0.4, -0.2) is 45.3 Å². The molecule has 90 valence electrons. The molecule has 2 heterocycles. The van der Waals surface area contributed by atoms with Gasteiger partial charge in [-0.2, -0.15) is 5.10 Å². The van der Waals surface area contributed by atoms with Crippen molar-refractivity contribution in [1.82, 2.24) is 9.91 Å². The van der Waals surface area contributed by atoms with Crippen LogP contribution in [0.3, 0.4) is 0 Å². The van der Waals surface area contributed by atoms with Gasteiger partial charge in [0.05, 0.1) is 5.03 Å². The highest BCUT2D eigenvalue weighted by atomic mass is 35.5. The summed E-state index contributed by atoms with van der Waals surface area (Å²) in [6, 6.07) is -0.980. The quantitative estimate of drug-likeness (QED) is 0.783. The molecule has 0 aliphatic carbocycles. The maximum absolute atomic E-state index is 11.7. The minimum atomic E-state index is -1.09. The summed E-state index contributed by atoms with van der Waals surface area (Å²) in [4.78, 5) is 24.1. The summed E-state index contributed by atoms with van der Waals surface area (Å²) in [6.07, 6.45) is 4.85. The Hall–Kier alpha value is -1.82. The molecule has 1 N–H and O–H groups in total. The third-order valence-electron chi connectivity index (χ3n) is 2.46. The molecule has 0 fully saturated rings. The molecular weight excluding hydrogens is 246 g/mol. The van der Waals surface area contributed by atoms with Gasteiger partial charge in [0.2, 0.25) is 0 Å². The molecule has 1 amide bonds. The Morgan fingerprint density at radius 2 is 2.29 bits per heavy atom. The van der Waals surface area contributed by atoms with E-state index in [-0.39, 0.29) is 12.5 Å². The zero-order valence-corrected chi connectivity index (χ0v) is 9.76.